The van der Waals surface area contributed by atoms with Crippen LogP contribution in [0.15, 0.2) is 40.9 Å². The molecule has 0 spiro atoms. The van der Waals surface area contributed by atoms with Gasteiger partial charge in [0.2, 0.25) is 0 Å². The van der Waals surface area contributed by atoms with Crippen molar-refractivity contribution in [1.82, 2.24) is 0 Å². The van der Waals surface area contributed by atoms with Crippen molar-refractivity contribution >= 4 is 21.7 Å². The monoisotopic (exact) mass is 306 g/mol. The third kappa shape index (κ3) is 2.36. The highest BCUT2D eigenvalue weighted by Crippen LogP contribution is 2.21. The zero-order valence-electron chi connectivity index (χ0n) is 10.1. The van der Waals surface area contributed by atoms with Crippen molar-refractivity contribution in [3.63, 3.8) is 0 Å². The molecule has 0 atom stereocenters. The van der Waals surface area contributed by atoms with Crippen LogP contribution in [0.5, 0.6) is 0 Å². The molecule has 2 aromatic carbocycles. The normalized spacial score (nSPS) is 10.4. The molecule has 2 rings (SSSR count). The third-order valence-corrected chi connectivity index (χ3v) is 3.52. The molecule has 0 amide bonds. The molecule has 1 nitrogen and oxygen atoms in total. The Morgan fingerprint density at radius 3 is 2.50 bits per heavy atom. The zero-order valence-corrected chi connectivity index (χ0v) is 11.7. The molecule has 0 fully saturated rings. The second-order valence-corrected chi connectivity index (χ2v) is 5.12. The highest BCUT2D eigenvalue weighted by molar-refractivity contribution is 9.10. The molecular formula is C15H12BrFO. The van der Waals surface area contributed by atoms with Crippen LogP contribution >= 0.6 is 15.9 Å². The van der Waals surface area contributed by atoms with Gasteiger partial charge in [0.05, 0.1) is 5.56 Å². The minimum absolute atomic E-state index is 0.104. The van der Waals surface area contributed by atoms with E-state index in [2.05, 4.69) is 15.9 Å². The second kappa shape index (κ2) is 5.02. The zero-order chi connectivity index (χ0) is 13.3. The largest absolute Gasteiger partial charge is 0.288 e. The maximum Gasteiger partial charge on any atom is 0.196 e. The summed E-state index contributed by atoms with van der Waals surface area (Å²) in [6, 6.07) is 9.95. The number of rotatable bonds is 2. The van der Waals surface area contributed by atoms with Crippen molar-refractivity contribution in [2.24, 2.45) is 0 Å². The van der Waals surface area contributed by atoms with Crippen LogP contribution in [0, 0.1) is 19.7 Å². The second-order valence-electron chi connectivity index (χ2n) is 4.20. The van der Waals surface area contributed by atoms with E-state index in [9.17, 15) is 9.18 Å². The Morgan fingerprint density at radius 2 is 1.83 bits per heavy atom. The van der Waals surface area contributed by atoms with Gasteiger partial charge in [0.25, 0.3) is 0 Å². The van der Waals surface area contributed by atoms with Gasteiger partial charge in [0, 0.05) is 10.0 Å². The van der Waals surface area contributed by atoms with Gasteiger partial charge >= 0.3 is 0 Å². The lowest BCUT2D eigenvalue weighted by Gasteiger charge is -2.08. The number of hydrogen-bond acceptors (Lipinski definition) is 1. The maximum absolute atomic E-state index is 13.8. The van der Waals surface area contributed by atoms with E-state index < -0.39 is 5.82 Å². The quantitative estimate of drug-likeness (QED) is 0.750. The van der Waals surface area contributed by atoms with Crippen LogP contribution in [0.1, 0.15) is 27.0 Å². The van der Waals surface area contributed by atoms with Gasteiger partial charge in [0.15, 0.2) is 5.78 Å². The first-order valence-electron chi connectivity index (χ1n) is 5.56. The molecule has 0 aliphatic rings. The summed E-state index contributed by atoms with van der Waals surface area (Å²) < 4.78 is 14.4. The molecule has 0 aliphatic heterocycles. The molecule has 92 valence electrons. The number of benzene rings is 2. The number of hydrogen-bond donors (Lipinski definition) is 0. The minimum atomic E-state index is -0.504. The van der Waals surface area contributed by atoms with E-state index in [0.29, 0.717) is 10.0 Å². The molecule has 3 heteroatoms. The lowest BCUT2D eigenvalue weighted by Crippen LogP contribution is -2.07. The van der Waals surface area contributed by atoms with E-state index in [1.54, 1.807) is 12.1 Å². The summed E-state index contributed by atoms with van der Waals surface area (Å²) >= 11 is 3.18. The molecule has 18 heavy (non-hydrogen) atoms. The summed E-state index contributed by atoms with van der Waals surface area (Å²) in [5.41, 5.74) is 2.58. The number of ketones is 1. The average Bonchev–Trinajstić information content (AvgIpc) is 2.32. The molecule has 0 saturated heterocycles. The van der Waals surface area contributed by atoms with Crippen LogP contribution in [0.3, 0.4) is 0 Å². The van der Waals surface area contributed by atoms with E-state index in [0.717, 1.165) is 11.1 Å². The first-order chi connectivity index (χ1) is 8.50. The van der Waals surface area contributed by atoms with Crippen LogP contribution in [0.25, 0.3) is 0 Å². The summed E-state index contributed by atoms with van der Waals surface area (Å²) in [4.78, 5) is 12.3. The van der Waals surface area contributed by atoms with Gasteiger partial charge in [-0.25, -0.2) is 4.39 Å². The molecule has 0 N–H and O–H groups in total. The van der Waals surface area contributed by atoms with Crippen molar-refractivity contribution in [3.8, 4) is 0 Å². The Kier molecular flexibility index (Phi) is 3.62. The van der Waals surface area contributed by atoms with E-state index in [1.165, 1.54) is 12.1 Å². The van der Waals surface area contributed by atoms with Gasteiger partial charge in [-0.05, 0) is 43.2 Å². The van der Waals surface area contributed by atoms with Gasteiger partial charge in [0.1, 0.15) is 5.82 Å². The highest BCUT2D eigenvalue weighted by Gasteiger charge is 2.16. The van der Waals surface area contributed by atoms with Crippen molar-refractivity contribution < 1.29 is 9.18 Å². The number of halogens is 2. The molecule has 2 aromatic rings. The predicted molar refractivity (Wildman–Crippen MR) is 73.4 cm³/mol. The Hall–Kier alpha value is -1.48. The third-order valence-electron chi connectivity index (χ3n) is 3.03. The average molecular weight is 307 g/mol. The molecule has 0 radical (unpaired) electrons. The van der Waals surface area contributed by atoms with Crippen LogP contribution in [-0.2, 0) is 0 Å². The van der Waals surface area contributed by atoms with E-state index >= 15 is 0 Å². The van der Waals surface area contributed by atoms with Gasteiger partial charge in [-0.2, -0.15) is 0 Å². The first kappa shape index (κ1) is 13.0. The molecule has 0 aromatic heterocycles. The summed E-state index contributed by atoms with van der Waals surface area (Å²) in [7, 11) is 0. The van der Waals surface area contributed by atoms with Crippen LogP contribution < -0.4 is 0 Å². The van der Waals surface area contributed by atoms with E-state index in [-0.39, 0.29) is 11.3 Å². The predicted octanol–water partition coefficient (Wildman–Crippen LogP) is 4.44. The fourth-order valence-electron chi connectivity index (χ4n) is 1.82. The Bertz CT molecular complexity index is 620. The maximum atomic E-state index is 13.8. The van der Waals surface area contributed by atoms with E-state index in [4.69, 9.17) is 0 Å². The summed E-state index contributed by atoms with van der Waals surface area (Å²) in [6.07, 6.45) is 0. The van der Waals surface area contributed by atoms with Crippen LogP contribution in [-0.4, -0.2) is 5.78 Å². The molecule has 0 saturated carbocycles. The van der Waals surface area contributed by atoms with Gasteiger partial charge < -0.3 is 0 Å². The number of aryl methyl sites for hydroxylation is 1. The molecular weight excluding hydrogens is 295 g/mol. The minimum Gasteiger partial charge on any atom is -0.288 e. The number of carbonyl (C=O) groups excluding carboxylic acids is 1. The summed E-state index contributed by atoms with van der Waals surface area (Å²) in [5.74, 6) is -0.781. The lowest BCUT2D eigenvalue weighted by molar-refractivity contribution is 0.103. The van der Waals surface area contributed by atoms with Crippen molar-refractivity contribution in [3.05, 3.63) is 68.9 Å². The fraction of sp³-hybridized carbons (Fsp3) is 0.133. The van der Waals surface area contributed by atoms with Crippen molar-refractivity contribution in [2.75, 3.05) is 0 Å². The molecule has 0 unspecified atom stereocenters. The standard InChI is InChI=1S/C15H12BrFO/c1-9-4-3-5-12(10(9)2)15(18)13-7-6-11(16)8-14(13)17/h3-8H,1-2H3. The van der Waals surface area contributed by atoms with Gasteiger partial charge in [-0.3, -0.25) is 4.79 Å². The van der Waals surface area contributed by atoms with Gasteiger partial charge in [-0.15, -0.1) is 0 Å². The molecule has 0 heterocycles. The van der Waals surface area contributed by atoms with Crippen LogP contribution in [0.4, 0.5) is 4.39 Å². The number of carbonyl (C=O) groups is 1. The van der Waals surface area contributed by atoms with E-state index in [1.807, 2.05) is 26.0 Å². The van der Waals surface area contributed by atoms with Crippen molar-refractivity contribution in [1.29, 1.82) is 0 Å². The Morgan fingerprint density at radius 1 is 1.11 bits per heavy atom. The summed E-state index contributed by atoms with van der Waals surface area (Å²) in [5, 5.41) is 0. The fourth-order valence-corrected chi connectivity index (χ4v) is 2.15. The molecule has 0 aliphatic carbocycles. The lowest BCUT2D eigenvalue weighted by atomic mass is 9.96. The SMILES string of the molecule is Cc1cccc(C(=O)c2ccc(Br)cc2F)c1C. The Balaban J connectivity index is 2.51. The molecule has 0 bridgehead atoms. The summed E-state index contributed by atoms with van der Waals surface area (Å²) in [6.45, 7) is 3.81. The topological polar surface area (TPSA) is 17.1 Å². The first-order valence-corrected chi connectivity index (χ1v) is 6.36. The van der Waals surface area contributed by atoms with Crippen molar-refractivity contribution in [2.45, 2.75) is 13.8 Å². The highest BCUT2D eigenvalue weighted by atomic mass is 79.9. The van der Waals surface area contributed by atoms with Crippen LogP contribution in [0.2, 0.25) is 0 Å². The smallest absolute Gasteiger partial charge is 0.196 e. The Labute approximate surface area is 114 Å². The van der Waals surface area contributed by atoms with Gasteiger partial charge in [-0.1, -0.05) is 34.1 Å².